The molecule has 2 aromatic rings. The molecular weight excluding hydrogens is 566 g/mol. The highest BCUT2D eigenvalue weighted by molar-refractivity contribution is 7.97. The summed E-state index contributed by atoms with van der Waals surface area (Å²) in [6.45, 7) is 2.38. The molecule has 0 radical (unpaired) electrons. The summed E-state index contributed by atoms with van der Waals surface area (Å²) in [5.41, 5.74) is -6.26. The molecule has 0 saturated heterocycles. The number of nitrogens with one attached hydrogen (secondary N) is 3. The van der Waals surface area contributed by atoms with E-state index in [0.717, 1.165) is 17.5 Å². The largest absolute Gasteiger partial charge is 0.435 e. The lowest BCUT2D eigenvalue weighted by atomic mass is 9.94. The predicted molar refractivity (Wildman–Crippen MR) is 128 cm³/mol. The fourth-order valence-electron chi connectivity index (χ4n) is 2.88. The molecule has 0 heterocycles. The maximum absolute atomic E-state index is 14.4. The summed E-state index contributed by atoms with van der Waals surface area (Å²) >= 11 is 19.4. The van der Waals surface area contributed by atoms with Crippen molar-refractivity contribution in [2.45, 2.75) is 31.5 Å². The first-order valence-electron chi connectivity index (χ1n) is 9.59. The summed E-state index contributed by atoms with van der Waals surface area (Å²) in [6.07, 6.45) is -10.4. The summed E-state index contributed by atoms with van der Waals surface area (Å²) < 4.78 is 95.8. The fraction of sp³-hybridized carbons (Fsp3) is 0.286. The first-order valence-corrected chi connectivity index (χ1v) is 11.7. The van der Waals surface area contributed by atoms with Crippen LogP contribution >= 0.6 is 46.8 Å². The van der Waals surface area contributed by atoms with E-state index in [1.54, 1.807) is 18.2 Å². The molecule has 0 aliphatic carbocycles. The van der Waals surface area contributed by atoms with Gasteiger partial charge in [0.05, 0.1) is 15.7 Å². The maximum atomic E-state index is 14.4. The van der Waals surface area contributed by atoms with Crippen LogP contribution in [0.2, 0.25) is 15.1 Å². The van der Waals surface area contributed by atoms with Crippen molar-refractivity contribution in [3.63, 3.8) is 0 Å². The van der Waals surface area contributed by atoms with E-state index in [9.17, 15) is 30.7 Å². The van der Waals surface area contributed by atoms with Gasteiger partial charge in [-0.25, -0.2) is 4.39 Å². The second-order valence-corrected chi connectivity index (χ2v) is 9.29. The minimum atomic E-state index is -6.31. The molecule has 0 atom stereocenters. The van der Waals surface area contributed by atoms with Gasteiger partial charge in [-0.2, -0.15) is 26.3 Å². The lowest BCUT2D eigenvalue weighted by molar-refractivity contribution is -0.348. The third-order valence-electron chi connectivity index (χ3n) is 4.64. The Kier molecular flexibility index (Phi) is 9.80. The first kappa shape index (κ1) is 29.6. The quantitative estimate of drug-likeness (QED) is 0.120. The molecule has 0 aromatic heterocycles. The summed E-state index contributed by atoms with van der Waals surface area (Å²) in [4.78, 5) is 0. The van der Waals surface area contributed by atoms with Crippen molar-refractivity contribution in [1.29, 1.82) is 5.41 Å². The lowest BCUT2D eigenvalue weighted by Gasteiger charge is -2.30. The molecule has 0 fully saturated rings. The van der Waals surface area contributed by atoms with Gasteiger partial charge in [0.2, 0.25) is 0 Å². The Morgan fingerprint density at radius 3 is 2.00 bits per heavy atom. The number of hydrogen-bond acceptors (Lipinski definition) is 4. The van der Waals surface area contributed by atoms with Crippen LogP contribution < -0.4 is 10.0 Å². The third kappa shape index (κ3) is 6.56. The number of allylic oxidation sites excluding steroid dienone is 1. The topological polar surface area (TPSA) is 47.9 Å². The third-order valence-corrected chi connectivity index (χ3v) is 6.24. The van der Waals surface area contributed by atoms with Crippen LogP contribution in [0, 0.1) is 5.41 Å². The van der Waals surface area contributed by atoms with Crippen molar-refractivity contribution >= 4 is 64.2 Å². The van der Waals surface area contributed by atoms with Gasteiger partial charge in [0.15, 0.2) is 0 Å². The SMILES string of the molecule is CCSNCc1cc(/C(C=N)=C/Nc2c(Cl)cc(C(F)(C(F)(F)F)C(F)(F)F)cc2Cl)ccc1Cl. The van der Waals surface area contributed by atoms with Gasteiger partial charge < -0.3 is 10.7 Å². The van der Waals surface area contributed by atoms with Crippen LogP contribution in [-0.2, 0) is 12.2 Å². The van der Waals surface area contributed by atoms with E-state index in [-0.39, 0.29) is 23.4 Å². The van der Waals surface area contributed by atoms with Crippen molar-refractivity contribution in [2.24, 2.45) is 0 Å². The maximum Gasteiger partial charge on any atom is 0.435 e. The standard InChI is InChI=1S/C21H17Cl3F7N3S/c1-2-35-34-10-12-5-11(3-4-15(12)22)13(8-32)9-33-18-16(23)6-14(7-17(18)24)19(25,20(26,27)28)21(29,30)31/h3-9,32-34H,2,10H2,1H3/b13-9+,32-8?. The molecule has 0 bridgehead atoms. The van der Waals surface area contributed by atoms with E-state index in [1.807, 2.05) is 6.92 Å². The van der Waals surface area contributed by atoms with Gasteiger partial charge in [-0.05, 0) is 35.4 Å². The smallest absolute Gasteiger partial charge is 0.359 e. The van der Waals surface area contributed by atoms with Gasteiger partial charge in [-0.1, -0.05) is 59.7 Å². The number of rotatable bonds is 9. The number of alkyl halides is 7. The molecule has 0 saturated carbocycles. The normalized spacial score (nSPS) is 13.2. The van der Waals surface area contributed by atoms with Crippen molar-refractivity contribution in [2.75, 3.05) is 11.1 Å². The highest BCUT2D eigenvalue weighted by Gasteiger charge is 2.73. The Balaban J connectivity index is 2.43. The molecule has 3 nitrogen and oxygen atoms in total. The molecule has 0 unspecified atom stereocenters. The summed E-state index contributed by atoms with van der Waals surface area (Å²) in [6, 6.07) is 5.30. The van der Waals surface area contributed by atoms with Gasteiger partial charge in [0.1, 0.15) is 0 Å². The molecule has 2 rings (SSSR count). The Labute approximate surface area is 215 Å². The minimum absolute atomic E-state index is 0.201. The Morgan fingerprint density at radius 2 is 1.51 bits per heavy atom. The van der Waals surface area contributed by atoms with Gasteiger partial charge in [-0.3, -0.25) is 4.72 Å². The van der Waals surface area contributed by atoms with Crippen LogP contribution in [0.1, 0.15) is 23.6 Å². The average Bonchev–Trinajstić information content (AvgIpc) is 2.75. The van der Waals surface area contributed by atoms with Crippen molar-refractivity contribution in [3.8, 4) is 0 Å². The van der Waals surface area contributed by atoms with Crippen LogP contribution in [-0.4, -0.2) is 24.3 Å². The summed E-state index contributed by atoms with van der Waals surface area (Å²) in [7, 11) is 0. The molecule has 35 heavy (non-hydrogen) atoms. The molecule has 0 spiro atoms. The molecule has 3 N–H and O–H groups in total. The Bertz CT molecular complexity index is 1070. The predicted octanol–water partition coefficient (Wildman–Crippen LogP) is 8.80. The monoisotopic (exact) mass is 581 g/mol. The number of benzene rings is 2. The average molecular weight is 583 g/mol. The first-order chi connectivity index (χ1) is 16.2. The van der Waals surface area contributed by atoms with Crippen LogP contribution in [0.3, 0.4) is 0 Å². The summed E-state index contributed by atoms with van der Waals surface area (Å²) in [5, 5.41) is 9.31. The zero-order valence-corrected chi connectivity index (χ0v) is 20.7. The van der Waals surface area contributed by atoms with E-state index in [0.29, 0.717) is 17.1 Å². The van der Waals surface area contributed by atoms with Crippen molar-refractivity contribution in [3.05, 3.63) is 68.3 Å². The zero-order chi connectivity index (χ0) is 26.6. The molecule has 192 valence electrons. The van der Waals surface area contributed by atoms with Crippen molar-refractivity contribution < 1.29 is 30.7 Å². The number of halogens is 10. The van der Waals surface area contributed by atoms with E-state index >= 15 is 0 Å². The molecule has 14 heteroatoms. The van der Waals surface area contributed by atoms with Crippen LogP contribution in [0.4, 0.5) is 36.4 Å². The number of hydrogen-bond donors (Lipinski definition) is 3. The van der Waals surface area contributed by atoms with Gasteiger partial charge >= 0.3 is 18.0 Å². The molecule has 0 aliphatic heterocycles. The second kappa shape index (κ2) is 11.6. The van der Waals surface area contributed by atoms with Crippen LogP contribution in [0.25, 0.3) is 5.57 Å². The second-order valence-electron chi connectivity index (χ2n) is 6.92. The molecular formula is C21H17Cl3F7N3S. The van der Waals surface area contributed by atoms with E-state index in [4.69, 9.17) is 40.2 Å². The Hall–Kier alpha value is -1.66. The fourth-order valence-corrected chi connectivity index (χ4v) is 4.12. The van der Waals surface area contributed by atoms with E-state index in [2.05, 4.69) is 10.0 Å². The van der Waals surface area contributed by atoms with Gasteiger partial charge in [0, 0.05) is 40.9 Å². The van der Waals surface area contributed by atoms with Gasteiger partial charge in [-0.15, -0.1) is 0 Å². The summed E-state index contributed by atoms with van der Waals surface area (Å²) in [5.74, 6) is 0.822. The zero-order valence-electron chi connectivity index (χ0n) is 17.6. The van der Waals surface area contributed by atoms with E-state index < -0.39 is 33.6 Å². The lowest BCUT2D eigenvalue weighted by Crippen LogP contribution is -2.50. The van der Waals surface area contributed by atoms with Crippen LogP contribution in [0.5, 0.6) is 0 Å². The molecule has 0 amide bonds. The van der Waals surface area contributed by atoms with Crippen molar-refractivity contribution in [1.82, 2.24) is 4.72 Å². The highest BCUT2D eigenvalue weighted by Crippen LogP contribution is 2.54. The highest BCUT2D eigenvalue weighted by atomic mass is 35.5. The van der Waals surface area contributed by atoms with Crippen LogP contribution in [0.15, 0.2) is 36.5 Å². The van der Waals surface area contributed by atoms with Gasteiger partial charge in [0.25, 0.3) is 0 Å². The Morgan fingerprint density at radius 1 is 0.943 bits per heavy atom. The molecule has 0 aliphatic rings. The van der Waals surface area contributed by atoms with E-state index in [1.165, 1.54) is 18.1 Å². The molecule has 2 aromatic carbocycles. The number of anilines is 1. The minimum Gasteiger partial charge on any atom is -0.359 e.